The summed E-state index contributed by atoms with van der Waals surface area (Å²) in [5.41, 5.74) is 0.821. The lowest BCUT2D eigenvalue weighted by molar-refractivity contribution is -0.122. The lowest BCUT2D eigenvalue weighted by Crippen LogP contribution is -2.56. The molecule has 1 amide bonds. The van der Waals surface area contributed by atoms with Gasteiger partial charge in [-0.2, -0.15) is 0 Å². The Morgan fingerprint density at radius 2 is 1.88 bits per heavy atom. The maximum absolute atomic E-state index is 12.5. The van der Waals surface area contributed by atoms with Gasteiger partial charge in [-0.15, -0.1) is 10.2 Å². The molecule has 0 aromatic carbocycles. The number of nitrogens with zero attached hydrogens (tertiary/aromatic N) is 3. The van der Waals surface area contributed by atoms with Crippen LogP contribution in [-0.4, -0.2) is 32.3 Å². The molecular formula is C18H22N4OS. The Labute approximate surface area is 145 Å². The van der Waals surface area contributed by atoms with Gasteiger partial charge in [0, 0.05) is 12.2 Å². The fourth-order valence-electron chi connectivity index (χ4n) is 5.44. The van der Waals surface area contributed by atoms with Crippen molar-refractivity contribution in [2.45, 2.75) is 43.3 Å². The van der Waals surface area contributed by atoms with E-state index in [9.17, 15) is 4.79 Å². The van der Waals surface area contributed by atoms with Crippen molar-refractivity contribution in [3.8, 4) is 0 Å². The SMILES string of the molecule is O=C(CSc1nnc2ccccn12)NC1C2CC3CC(C2)CC1C3. The fraction of sp³-hybridized carbons (Fsp3) is 0.611. The summed E-state index contributed by atoms with van der Waals surface area (Å²) in [4.78, 5) is 12.5. The van der Waals surface area contributed by atoms with E-state index in [4.69, 9.17) is 0 Å². The number of nitrogens with one attached hydrogen (secondary N) is 1. The van der Waals surface area contributed by atoms with Crippen LogP contribution in [0.25, 0.3) is 5.65 Å². The van der Waals surface area contributed by atoms with E-state index in [-0.39, 0.29) is 5.91 Å². The predicted molar refractivity (Wildman–Crippen MR) is 92.7 cm³/mol. The third kappa shape index (κ3) is 2.51. The summed E-state index contributed by atoms with van der Waals surface area (Å²) in [6.45, 7) is 0. The second kappa shape index (κ2) is 5.76. The monoisotopic (exact) mass is 342 g/mol. The van der Waals surface area contributed by atoms with Gasteiger partial charge in [0.25, 0.3) is 0 Å². The van der Waals surface area contributed by atoms with Crippen molar-refractivity contribution in [1.82, 2.24) is 19.9 Å². The van der Waals surface area contributed by atoms with Crippen LogP contribution in [0.3, 0.4) is 0 Å². The second-order valence-electron chi connectivity index (χ2n) is 7.72. The Balaban J connectivity index is 1.22. The van der Waals surface area contributed by atoms with Crippen LogP contribution < -0.4 is 5.32 Å². The summed E-state index contributed by atoms with van der Waals surface area (Å²) >= 11 is 1.47. The van der Waals surface area contributed by atoms with E-state index in [2.05, 4.69) is 15.5 Å². The number of fused-ring (bicyclic) bond motifs is 1. The summed E-state index contributed by atoms with van der Waals surface area (Å²) in [5, 5.41) is 12.5. The first kappa shape index (κ1) is 14.8. The third-order valence-corrected chi connectivity index (χ3v) is 7.11. The molecule has 4 aliphatic rings. The summed E-state index contributed by atoms with van der Waals surface area (Å²) in [7, 11) is 0. The lowest BCUT2D eigenvalue weighted by Gasteiger charge is -2.54. The molecule has 6 heteroatoms. The van der Waals surface area contributed by atoms with E-state index in [1.807, 2.05) is 28.8 Å². The topological polar surface area (TPSA) is 59.3 Å². The van der Waals surface area contributed by atoms with E-state index in [0.717, 1.165) is 34.5 Å². The van der Waals surface area contributed by atoms with Crippen LogP contribution in [0.1, 0.15) is 32.1 Å². The van der Waals surface area contributed by atoms with Crippen molar-refractivity contribution in [2.75, 3.05) is 5.75 Å². The van der Waals surface area contributed by atoms with Crippen LogP contribution in [0.5, 0.6) is 0 Å². The number of hydrogen-bond donors (Lipinski definition) is 1. The quantitative estimate of drug-likeness (QED) is 0.868. The molecule has 126 valence electrons. The molecule has 0 saturated heterocycles. The third-order valence-electron chi connectivity index (χ3n) is 6.17. The van der Waals surface area contributed by atoms with Crippen LogP contribution >= 0.6 is 11.8 Å². The first-order valence-corrected chi connectivity index (χ1v) is 9.97. The standard InChI is InChI=1S/C18H22N4OS/c23-16(10-24-18-21-20-15-3-1-2-4-22(15)18)19-17-13-6-11-5-12(8-13)9-14(17)7-11/h1-4,11-14,17H,5-10H2,(H,19,23). The highest BCUT2D eigenvalue weighted by Gasteiger charge is 2.48. The molecule has 24 heavy (non-hydrogen) atoms. The number of aromatic nitrogens is 3. The molecule has 4 bridgehead atoms. The molecule has 0 spiro atoms. The van der Waals surface area contributed by atoms with Gasteiger partial charge >= 0.3 is 0 Å². The normalized spacial score (nSPS) is 33.9. The summed E-state index contributed by atoms with van der Waals surface area (Å²) in [5.74, 6) is 3.89. The molecule has 4 aliphatic carbocycles. The number of rotatable bonds is 4. The number of thioether (sulfide) groups is 1. The molecule has 0 unspecified atom stereocenters. The predicted octanol–water partition coefficient (Wildman–Crippen LogP) is 2.76. The van der Waals surface area contributed by atoms with Crippen LogP contribution in [0.4, 0.5) is 0 Å². The lowest BCUT2D eigenvalue weighted by atomic mass is 9.54. The van der Waals surface area contributed by atoms with Crippen molar-refractivity contribution >= 4 is 23.3 Å². The highest BCUT2D eigenvalue weighted by Crippen LogP contribution is 2.53. The summed E-state index contributed by atoms with van der Waals surface area (Å²) in [6, 6.07) is 6.24. The highest BCUT2D eigenvalue weighted by molar-refractivity contribution is 7.99. The number of hydrogen-bond acceptors (Lipinski definition) is 4. The molecule has 2 heterocycles. The second-order valence-corrected chi connectivity index (χ2v) is 8.67. The minimum Gasteiger partial charge on any atom is -0.352 e. The van der Waals surface area contributed by atoms with E-state index < -0.39 is 0 Å². The Bertz CT molecular complexity index is 745. The Morgan fingerprint density at radius 1 is 1.12 bits per heavy atom. The van der Waals surface area contributed by atoms with Gasteiger partial charge in [-0.05, 0) is 67.9 Å². The Hall–Kier alpha value is -1.56. The summed E-state index contributed by atoms with van der Waals surface area (Å²) in [6.07, 6.45) is 8.72. The van der Waals surface area contributed by atoms with Crippen molar-refractivity contribution in [1.29, 1.82) is 0 Å². The molecular weight excluding hydrogens is 320 g/mol. The molecule has 0 aliphatic heterocycles. The average molecular weight is 342 g/mol. The zero-order chi connectivity index (χ0) is 16.1. The van der Waals surface area contributed by atoms with Crippen molar-refractivity contribution in [3.63, 3.8) is 0 Å². The first-order valence-electron chi connectivity index (χ1n) is 8.98. The molecule has 0 radical (unpaired) electrons. The van der Waals surface area contributed by atoms with Crippen LogP contribution in [0, 0.1) is 23.7 Å². The minimum atomic E-state index is 0.144. The average Bonchev–Trinajstić information content (AvgIpc) is 2.99. The zero-order valence-corrected chi connectivity index (χ0v) is 14.4. The van der Waals surface area contributed by atoms with E-state index in [1.165, 1.54) is 43.9 Å². The largest absolute Gasteiger partial charge is 0.352 e. The van der Waals surface area contributed by atoms with Crippen LogP contribution in [0.2, 0.25) is 0 Å². The number of pyridine rings is 1. The molecule has 4 fully saturated rings. The van der Waals surface area contributed by atoms with Gasteiger partial charge in [-0.1, -0.05) is 17.8 Å². The molecule has 5 nitrogen and oxygen atoms in total. The van der Waals surface area contributed by atoms with Gasteiger partial charge < -0.3 is 5.32 Å². The number of carbonyl (C=O) groups excluding carboxylic acids is 1. The van der Waals surface area contributed by atoms with Gasteiger partial charge in [0.15, 0.2) is 10.8 Å². The zero-order valence-electron chi connectivity index (χ0n) is 13.6. The molecule has 6 rings (SSSR count). The smallest absolute Gasteiger partial charge is 0.230 e. The minimum absolute atomic E-state index is 0.144. The first-order chi connectivity index (χ1) is 11.8. The molecule has 1 N–H and O–H groups in total. The van der Waals surface area contributed by atoms with E-state index >= 15 is 0 Å². The summed E-state index contributed by atoms with van der Waals surface area (Å²) < 4.78 is 1.93. The van der Waals surface area contributed by atoms with Crippen LogP contribution in [0.15, 0.2) is 29.6 Å². The van der Waals surface area contributed by atoms with Gasteiger partial charge in [0.1, 0.15) is 0 Å². The Morgan fingerprint density at radius 3 is 2.62 bits per heavy atom. The van der Waals surface area contributed by atoms with Gasteiger partial charge in [-0.25, -0.2) is 0 Å². The van der Waals surface area contributed by atoms with Gasteiger partial charge in [0.05, 0.1) is 5.75 Å². The van der Waals surface area contributed by atoms with Crippen LogP contribution in [-0.2, 0) is 4.79 Å². The van der Waals surface area contributed by atoms with Crippen molar-refractivity contribution in [2.24, 2.45) is 23.7 Å². The number of carbonyl (C=O) groups is 1. The maximum atomic E-state index is 12.5. The van der Waals surface area contributed by atoms with Crippen molar-refractivity contribution in [3.05, 3.63) is 24.4 Å². The Kier molecular flexibility index (Phi) is 3.54. The molecule has 4 saturated carbocycles. The van der Waals surface area contributed by atoms with Gasteiger partial charge in [-0.3, -0.25) is 9.20 Å². The highest BCUT2D eigenvalue weighted by atomic mass is 32.2. The molecule has 0 atom stereocenters. The number of amides is 1. The fourth-order valence-corrected chi connectivity index (χ4v) is 6.17. The molecule has 2 aromatic heterocycles. The maximum Gasteiger partial charge on any atom is 0.230 e. The molecule has 2 aromatic rings. The van der Waals surface area contributed by atoms with E-state index in [0.29, 0.717) is 11.8 Å². The van der Waals surface area contributed by atoms with E-state index in [1.54, 1.807) is 0 Å². The van der Waals surface area contributed by atoms with Gasteiger partial charge in [0.2, 0.25) is 5.91 Å². The van der Waals surface area contributed by atoms with Crippen molar-refractivity contribution < 1.29 is 4.79 Å².